The zero-order chi connectivity index (χ0) is 17.6. The number of carbonyl (C=O) groups excluding carboxylic acids is 1. The molecule has 2 N–H and O–H groups in total. The van der Waals surface area contributed by atoms with Crippen LogP contribution in [-0.4, -0.2) is 35.3 Å². The van der Waals surface area contributed by atoms with Gasteiger partial charge in [-0.3, -0.25) is 4.79 Å². The van der Waals surface area contributed by atoms with E-state index in [-0.39, 0.29) is 11.5 Å². The van der Waals surface area contributed by atoms with Gasteiger partial charge in [0.2, 0.25) is 5.91 Å². The molecule has 6 nitrogen and oxygen atoms in total. The molecule has 7 heteroatoms. The zero-order valence-electron chi connectivity index (χ0n) is 14.3. The fourth-order valence-corrected chi connectivity index (χ4v) is 2.44. The number of benzene rings is 1. The Bertz CT molecular complexity index is 653. The second-order valence-corrected chi connectivity index (χ2v) is 6.83. The first-order valence-corrected chi connectivity index (χ1v) is 7.45. The van der Waals surface area contributed by atoms with Crippen LogP contribution in [0.3, 0.4) is 0 Å². The highest BCUT2D eigenvalue weighted by atomic mass is 16.7. The highest BCUT2D eigenvalue weighted by Gasteiger charge is 2.51. The van der Waals surface area contributed by atoms with Gasteiger partial charge in [-0.15, -0.1) is 0 Å². The van der Waals surface area contributed by atoms with Crippen LogP contribution in [0.25, 0.3) is 0 Å². The van der Waals surface area contributed by atoms with Gasteiger partial charge in [-0.05, 0) is 51.7 Å². The van der Waals surface area contributed by atoms with Crippen molar-refractivity contribution in [3.63, 3.8) is 0 Å². The van der Waals surface area contributed by atoms with Gasteiger partial charge < -0.3 is 19.7 Å². The summed E-state index contributed by atoms with van der Waals surface area (Å²) in [7, 11) is -0.650. The predicted molar refractivity (Wildman–Crippen MR) is 88.2 cm³/mol. The quantitative estimate of drug-likeness (QED) is 0.832. The largest absolute Gasteiger partial charge is 0.494 e. The summed E-state index contributed by atoms with van der Waals surface area (Å²) < 4.78 is 11.9. The maximum Gasteiger partial charge on any atom is 0.494 e. The van der Waals surface area contributed by atoms with Crippen molar-refractivity contribution >= 4 is 30.1 Å². The van der Waals surface area contributed by atoms with Gasteiger partial charge in [0.25, 0.3) is 0 Å². The van der Waals surface area contributed by atoms with Crippen LogP contribution in [0.15, 0.2) is 12.1 Å². The minimum atomic E-state index is -1.12. The van der Waals surface area contributed by atoms with Crippen molar-refractivity contribution in [2.75, 3.05) is 5.32 Å². The topological polar surface area (TPSA) is 84.9 Å². The van der Waals surface area contributed by atoms with Crippen molar-refractivity contribution in [1.29, 1.82) is 0 Å². The third-order valence-corrected chi connectivity index (χ3v) is 4.41. The van der Waals surface area contributed by atoms with Gasteiger partial charge in [0, 0.05) is 6.92 Å². The monoisotopic (exact) mass is 319 g/mol. The van der Waals surface area contributed by atoms with E-state index >= 15 is 0 Å². The molecule has 0 saturated carbocycles. The second-order valence-electron chi connectivity index (χ2n) is 6.83. The van der Waals surface area contributed by atoms with Crippen molar-refractivity contribution < 1.29 is 24.0 Å². The first-order chi connectivity index (χ1) is 10.4. The first-order valence-electron chi connectivity index (χ1n) is 7.45. The Labute approximate surface area is 136 Å². The number of nitrogens with one attached hydrogen (secondary N) is 1. The lowest BCUT2D eigenvalue weighted by Crippen LogP contribution is -2.41. The van der Waals surface area contributed by atoms with Gasteiger partial charge in [-0.25, -0.2) is 4.79 Å². The van der Waals surface area contributed by atoms with Crippen molar-refractivity contribution in [3.8, 4) is 0 Å². The Morgan fingerprint density at radius 3 is 2.09 bits per heavy atom. The first kappa shape index (κ1) is 17.5. The minimum absolute atomic E-state index is 0.0184. The van der Waals surface area contributed by atoms with Crippen LogP contribution < -0.4 is 10.8 Å². The molecule has 0 aromatic heterocycles. The van der Waals surface area contributed by atoms with Gasteiger partial charge in [-0.1, -0.05) is 6.07 Å². The average Bonchev–Trinajstić information content (AvgIpc) is 2.59. The summed E-state index contributed by atoms with van der Waals surface area (Å²) in [6.45, 7) is 10.8. The molecule has 1 amide bonds. The molecule has 1 fully saturated rings. The van der Waals surface area contributed by atoms with Gasteiger partial charge in [-0.2, -0.15) is 0 Å². The van der Waals surface area contributed by atoms with Gasteiger partial charge in [0.15, 0.2) is 0 Å². The summed E-state index contributed by atoms with van der Waals surface area (Å²) in [6.07, 6.45) is 0. The summed E-state index contributed by atoms with van der Waals surface area (Å²) in [5, 5.41) is 12.0. The highest BCUT2D eigenvalue weighted by Crippen LogP contribution is 2.36. The third-order valence-electron chi connectivity index (χ3n) is 4.41. The molecular formula is C16H22BNO5. The molecule has 1 aromatic carbocycles. The maximum absolute atomic E-state index is 11.5. The number of hydrogen-bond donors (Lipinski definition) is 2. The molecule has 1 saturated heterocycles. The van der Waals surface area contributed by atoms with E-state index in [0.717, 1.165) is 0 Å². The molecule has 1 aromatic rings. The van der Waals surface area contributed by atoms with E-state index in [0.29, 0.717) is 16.7 Å². The standard InChI is InChI=1S/C16H22BNO5/c1-9-7-11(17-22-15(3,4)16(5,6)23-17)8-12(14(20)21)13(9)18-10(2)19/h7-8H,1-6H3,(H,18,19)(H,20,21). The van der Waals surface area contributed by atoms with Crippen LogP contribution in [0.5, 0.6) is 0 Å². The van der Waals surface area contributed by atoms with E-state index in [1.807, 2.05) is 27.7 Å². The molecule has 1 aliphatic rings. The number of amides is 1. The predicted octanol–water partition coefficient (Wildman–Crippen LogP) is 1.95. The molecule has 0 bridgehead atoms. The lowest BCUT2D eigenvalue weighted by Gasteiger charge is -2.32. The Morgan fingerprint density at radius 1 is 1.13 bits per heavy atom. The minimum Gasteiger partial charge on any atom is -0.478 e. The normalized spacial score (nSPS) is 18.8. The fourth-order valence-electron chi connectivity index (χ4n) is 2.44. The number of carboxylic acids is 1. The number of anilines is 1. The Hall–Kier alpha value is -1.86. The molecule has 2 rings (SSSR count). The van der Waals surface area contributed by atoms with Gasteiger partial charge in [0.05, 0.1) is 22.5 Å². The third kappa shape index (κ3) is 3.25. The molecule has 0 aliphatic carbocycles. The summed E-state index contributed by atoms with van der Waals surface area (Å²) in [4.78, 5) is 22.8. The Kier molecular flexibility index (Phi) is 4.30. The Morgan fingerprint density at radius 2 is 1.65 bits per heavy atom. The van der Waals surface area contributed by atoms with Crippen molar-refractivity contribution in [3.05, 3.63) is 23.3 Å². The number of aryl methyl sites for hydroxylation is 1. The molecule has 0 unspecified atom stereocenters. The van der Waals surface area contributed by atoms with E-state index in [2.05, 4.69) is 5.32 Å². The molecule has 0 atom stereocenters. The summed E-state index contributed by atoms with van der Waals surface area (Å²) in [5.41, 5.74) is 0.559. The van der Waals surface area contributed by atoms with E-state index in [1.54, 1.807) is 13.0 Å². The number of rotatable bonds is 3. The van der Waals surface area contributed by atoms with Gasteiger partial charge in [0.1, 0.15) is 0 Å². The van der Waals surface area contributed by atoms with Gasteiger partial charge >= 0.3 is 13.1 Å². The number of aromatic carboxylic acids is 1. The maximum atomic E-state index is 11.5. The lowest BCUT2D eigenvalue weighted by molar-refractivity contribution is -0.114. The van der Waals surface area contributed by atoms with Crippen LogP contribution in [0.4, 0.5) is 5.69 Å². The van der Waals surface area contributed by atoms with Crippen molar-refractivity contribution in [2.45, 2.75) is 52.7 Å². The smallest absolute Gasteiger partial charge is 0.478 e. The second kappa shape index (κ2) is 5.65. The van der Waals surface area contributed by atoms with Crippen LogP contribution in [0.1, 0.15) is 50.5 Å². The SMILES string of the molecule is CC(=O)Nc1c(C)cc(B2OC(C)(C)C(C)(C)O2)cc1C(=O)O. The van der Waals surface area contributed by atoms with Crippen LogP contribution in [-0.2, 0) is 14.1 Å². The van der Waals surface area contributed by atoms with E-state index in [4.69, 9.17) is 9.31 Å². The van der Waals surface area contributed by atoms with Crippen molar-refractivity contribution in [2.24, 2.45) is 0 Å². The van der Waals surface area contributed by atoms with Crippen molar-refractivity contribution in [1.82, 2.24) is 0 Å². The van der Waals surface area contributed by atoms with Crippen LogP contribution >= 0.6 is 0 Å². The highest BCUT2D eigenvalue weighted by molar-refractivity contribution is 6.62. The summed E-state index contributed by atoms with van der Waals surface area (Å²) in [5.74, 6) is -1.44. The van der Waals surface area contributed by atoms with Crippen LogP contribution in [0, 0.1) is 6.92 Å². The molecule has 124 valence electrons. The molecule has 0 radical (unpaired) electrons. The van der Waals surface area contributed by atoms with E-state index < -0.39 is 24.3 Å². The van der Waals surface area contributed by atoms with Crippen LogP contribution in [0.2, 0.25) is 0 Å². The molecular weight excluding hydrogens is 297 g/mol. The van der Waals surface area contributed by atoms with E-state index in [9.17, 15) is 14.7 Å². The zero-order valence-corrected chi connectivity index (χ0v) is 14.3. The number of hydrogen-bond acceptors (Lipinski definition) is 4. The van der Waals surface area contributed by atoms with E-state index in [1.165, 1.54) is 13.0 Å². The molecule has 23 heavy (non-hydrogen) atoms. The molecule has 1 heterocycles. The molecule has 0 spiro atoms. The fraction of sp³-hybridized carbons (Fsp3) is 0.500. The summed E-state index contributed by atoms with van der Waals surface area (Å²) in [6, 6.07) is 3.27. The number of carbonyl (C=O) groups is 2. The Balaban J connectivity index is 2.46. The lowest BCUT2D eigenvalue weighted by atomic mass is 9.77. The molecule has 1 aliphatic heterocycles. The summed E-state index contributed by atoms with van der Waals surface area (Å²) >= 11 is 0. The average molecular weight is 319 g/mol. The number of carboxylic acid groups (broad SMARTS) is 1.